The molecule has 0 saturated heterocycles. The predicted molar refractivity (Wildman–Crippen MR) is 76.2 cm³/mol. The number of nitrogens with one attached hydrogen (secondary N) is 1. The van der Waals surface area contributed by atoms with Crippen LogP contribution in [0.1, 0.15) is 17.0 Å². The highest BCUT2D eigenvalue weighted by molar-refractivity contribution is 7.89. The molecule has 5 heteroatoms. The van der Waals surface area contributed by atoms with Gasteiger partial charge < -0.3 is 5.11 Å². The van der Waals surface area contributed by atoms with Gasteiger partial charge in [0.15, 0.2) is 0 Å². The predicted octanol–water partition coefficient (Wildman–Crippen LogP) is 2.01. The zero-order chi connectivity index (χ0) is 14.2. The molecule has 3 rings (SSSR count). The molecular formula is C15H15NO3S. The Morgan fingerprint density at radius 1 is 1.15 bits per heavy atom. The minimum Gasteiger partial charge on any atom is -0.508 e. The quantitative estimate of drug-likeness (QED) is 0.905. The van der Waals surface area contributed by atoms with E-state index < -0.39 is 10.0 Å². The molecule has 2 N–H and O–H groups in total. The third kappa shape index (κ3) is 2.42. The van der Waals surface area contributed by atoms with Crippen molar-refractivity contribution in [1.29, 1.82) is 0 Å². The first-order valence-electron chi connectivity index (χ1n) is 6.43. The van der Waals surface area contributed by atoms with Crippen molar-refractivity contribution in [2.24, 2.45) is 0 Å². The van der Waals surface area contributed by atoms with Gasteiger partial charge in [0.05, 0.1) is 4.90 Å². The maximum Gasteiger partial charge on any atom is 0.240 e. The average Bonchev–Trinajstić information content (AvgIpc) is 2.40. The molecule has 0 saturated carbocycles. The van der Waals surface area contributed by atoms with E-state index in [4.69, 9.17) is 0 Å². The third-order valence-electron chi connectivity index (χ3n) is 3.61. The summed E-state index contributed by atoms with van der Waals surface area (Å²) in [6.07, 6.45) is 0.902. The number of benzene rings is 2. The van der Waals surface area contributed by atoms with Crippen LogP contribution in [0.25, 0.3) is 0 Å². The van der Waals surface area contributed by atoms with E-state index in [1.165, 1.54) is 35.4 Å². The molecule has 0 spiro atoms. The molecule has 1 unspecified atom stereocenters. The summed E-state index contributed by atoms with van der Waals surface area (Å²) in [4.78, 5) is 0.0881. The summed E-state index contributed by atoms with van der Waals surface area (Å²) in [7, 11) is -3.57. The number of sulfonamides is 1. The number of phenolic OH excluding ortho intramolecular Hbond substituents is 1. The second kappa shape index (κ2) is 4.92. The maximum absolute atomic E-state index is 12.1. The fraction of sp³-hybridized carbons (Fsp3) is 0.200. The van der Waals surface area contributed by atoms with E-state index in [9.17, 15) is 13.5 Å². The molecule has 0 bridgehead atoms. The summed E-state index contributed by atoms with van der Waals surface area (Å²) < 4.78 is 26.8. The van der Waals surface area contributed by atoms with Crippen LogP contribution in [-0.4, -0.2) is 20.1 Å². The second-order valence-corrected chi connectivity index (χ2v) is 6.72. The van der Waals surface area contributed by atoms with Crippen molar-refractivity contribution in [3.05, 3.63) is 59.7 Å². The first-order valence-corrected chi connectivity index (χ1v) is 7.91. The molecule has 0 aromatic heterocycles. The molecule has 4 nitrogen and oxygen atoms in total. The van der Waals surface area contributed by atoms with E-state index in [1.54, 1.807) is 0 Å². The summed E-state index contributed by atoms with van der Waals surface area (Å²) in [5.41, 5.74) is 2.50. The van der Waals surface area contributed by atoms with Crippen molar-refractivity contribution >= 4 is 10.0 Å². The SMILES string of the molecule is O=S(=O)(NCC1Cc2ccccc21)c1cccc(O)c1. The summed E-state index contributed by atoms with van der Waals surface area (Å²) >= 11 is 0. The highest BCUT2D eigenvalue weighted by Gasteiger charge is 2.27. The molecule has 0 radical (unpaired) electrons. The first kappa shape index (κ1) is 13.1. The molecule has 0 fully saturated rings. The number of phenols is 1. The number of rotatable bonds is 4. The van der Waals surface area contributed by atoms with Gasteiger partial charge in [0.1, 0.15) is 5.75 Å². The summed E-state index contributed by atoms with van der Waals surface area (Å²) in [6.45, 7) is 0.384. The van der Waals surface area contributed by atoms with Crippen LogP contribution in [-0.2, 0) is 16.4 Å². The normalized spacial score (nSPS) is 17.3. The lowest BCUT2D eigenvalue weighted by atomic mass is 9.78. The average molecular weight is 289 g/mol. The monoisotopic (exact) mass is 289 g/mol. The van der Waals surface area contributed by atoms with Gasteiger partial charge in [-0.1, -0.05) is 30.3 Å². The van der Waals surface area contributed by atoms with Gasteiger partial charge >= 0.3 is 0 Å². The Kier molecular flexibility index (Phi) is 3.23. The number of hydrogen-bond acceptors (Lipinski definition) is 3. The van der Waals surface area contributed by atoms with E-state index in [2.05, 4.69) is 10.8 Å². The molecule has 0 aliphatic heterocycles. The van der Waals surface area contributed by atoms with Gasteiger partial charge in [-0.3, -0.25) is 0 Å². The van der Waals surface area contributed by atoms with Crippen molar-refractivity contribution in [3.63, 3.8) is 0 Å². The highest BCUT2D eigenvalue weighted by Crippen LogP contribution is 2.34. The molecule has 2 aromatic carbocycles. The fourth-order valence-electron chi connectivity index (χ4n) is 2.49. The van der Waals surface area contributed by atoms with Gasteiger partial charge in [-0.25, -0.2) is 13.1 Å². The lowest BCUT2D eigenvalue weighted by Crippen LogP contribution is -2.33. The van der Waals surface area contributed by atoms with Gasteiger partial charge in [0.25, 0.3) is 0 Å². The Morgan fingerprint density at radius 3 is 2.70 bits per heavy atom. The van der Waals surface area contributed by atoms with Gasteiger partial charge in [0, 0.05) is 12.5 Å². The fourth-order valence-corrected chi connectivity index (χ4v) is 3.61. The van der Waals surface area contributed by atoms with Gasteiger partial charge in [0.2, 0.25) is 10.0 Å². The molecule has 104 valence electrons. The van der Waals surface area contributed by atoms with Crippen LogP contribution in [0.15, 0.2) is 53.4 Å². The molecule has 2 aromatic rings. The Morgan fingerprint density at radius 2 is 1.95 bits per heavy atom. The van der Waals surface area contributed by atoms with E-state index >= 15 is 0 Å². The van der Waals surface area contributed by atoms with Crippen molar-refractivity contribution < 1.29 is 13.5 Å². The molecule has 0 amide bonds. The third-order valence-corrected chi connectivity index (χ3v) is 5.03. The van der Waals surface area contributed by atoms with Crippen LogP contribution in [0, 0.1) is 0 Å². The van der Waals surface area contributed by atoms with E-state index in [0.29, 0.717) is 6.54 Å². The molecule has 1 aliphatic carbocycles. The Hall–Kier alpha value is -1.85. The maximum atomic E-state index is 12.1. The zero-order valence-electron chi connectivity index (χ0n) is 10.8. The van der Waals surface area contributed by atoms with Crippen LogP contribution >= 0.6 is 0 Å². The largest absolute Gasteiger partial charge is 0.508 e. The van der Waals surface area contributed by atoms with E-state index in [1.807, 2.05) is 18.2 Å². The minimum atomic E-state index is -3.57. The van der Waals surface area contributed by atoms with E-state index in [-0.39, 0.29) is 16.6 Å². The smallest absolute Gasteiger partial charge is 0.240 e. The van der Waals surface area contributed by atoms with Crippen LogP contribution in [0.3, 0.4) is 0 Å². The molecule has 1 aliphatic rings. The van der Waals surface area contributed by atoms with Gasteiger partial charge in [-0.15, -0.1) is 0 Å². The standard InChI is InChI=1S/C15H15NO3S/c17-13-5-3-6-14(9-13)20(18,19)16-10-12-8-11-4-1-2-7-15(11)12/h1-7,9,12,16-17H,8,10H2. The number of hydrogen-bond donors (Lipinski definition) is 2. The topological polar surface area (TPSA) is 66.4 Å². The summed E-state index contributed by atoms with van der Waals surface area (Å²) in [5, 5.41) is 9.35. The van der Waals surface area contributed by atoms with Crippen molar-refractivity contribution in [3.8, 4) is 5.75 Å². The van der Waals surface area contributed by atoms with Crippen LogP contribution in [0.4, 0.5) is 0 Å². The Labute approximate surface area is 118 Å². The Balaban J connectivity index is 1.70. The lowest BCUT2D eigenvalue weighted by Gasteiger charge is -2.30. The van der Waals surface area contributed by atoms with Crippen molar-refractivity contribution in [2.75, 3.05) is 6.54 Å². The lowest BCUT2D eigenvalue weighted by molar-refractivity contribution is 0.473. The first-order chi connectivity index (χ1) is 9.56. The molecule has 1 atom stereocenters. The minimum absolute atomic E-state index is 0.0538. The second-order valence-electron chi connectivity index (χ2n) is 4.95. The van der Waals surface area contributed by atoms with Crippen LogP contribution in [0.2, 0.25) is 0 Å². The zero-order valence-corrected chi connectivity index (χ0v) is 11.6. The molecule has 20 heavy (non-hydrogen) atoms. The Bertz CT molecular complexity index is 740. The summed E-state index contributed by atoms with van der Waals surface area (Å²) in [6, 6.07) is 13.7. The van der Waals surface area contributed by atoms with Crippen LogP contribution in [0.5, 0.6) is 5.75 Å². The van der Waals surface area contributed by atoms with Gasteiger partial charge in [-0.2, -0.15) is 0 Å². The van der Waals surface area contributed by atoms with Crippen molar-refractivity contribution in [2.45, 2.75) is 17.2 Å². The van der Waals surface area contributed by atoms with Crippen molar-refractivity contribution in [1.82, 2.24) is 4.72 Å². The van der Waals surface area contributed by atoms with Crippen LogP contribution < -0.4 is 4.72 Å². The summed E-state index contributed by atoms with van der Waals surface area (Å²) in [5.74, 6) is 0.181. The molecule has 0 heterocycles. The number of fused-ring (bicyclic) bond motifs is 1. The highest BCUT2D eigenvalue weighted by atomic mass is 32.2. The number of aromatic hydroxyl groups is 1. The van der Waals surface area contributed by atoms with Gasteiger partial charge in [-0.05, 0) is 35.7 Å². The van der Waals surface area contributed by atoms with E-state index in [0.717, 1.165) is 6.42 Å². The molecular weight excluding hydrogens is 274 g/mol.